The molecular weight excluding hydrogens is 308 g/mol. The minimum atomic E-state index is 0.745. The standard InChI is InChI=1S/C19H21ClN2O/c1-3-5-17-18(4-2)22(16-8-6-15(20)7-9-16)14-19(17)21-10-12-23-13-11-21/h3-9,14H,1,10-13H2,2H3/b17-5+,18-4+. The van der Waals surface area contributed by atoms with Gasteiger partial charge in [-0.05, 0) is 31.2 Å². The maximum Gasteiger partial charge on any atom is 0.0642 e. The molecule has 0 amide bonds. The quantitative estimate of drug-likeness (QED) is 0.862. The van der Waals surface area contributed by atoms with Crippen molar-refractivity contribution in [2.45, 2.75) is 6.92 Å². The van der Waals surface area contributed by atoms with E-state index in [4.69, 9.17) is 16.3 Å². The van der Waals surface area contributed by atoms with E-state index in [0.717, 1.165) is 42.4 Å². The average molecular weight is 329 g/mol. The van der Waals surface area contributed by atoms with Crippen LogP contribution in [0, 0.1) is 0 Å². The van der Waals surface area contributed by atoms with E-state index in [-0.39, 0.29) is 0 Å². The van der Waals surface area contributed by atoms with E-state index in [9.17, 15) is 0 Å². The van der Waals surface area contributed by atoms with E-state index in [2.05, 4.69) is 41.3 Å². The molecule has 0 saturated carbocycles. The molecule has 0 bridgehead atoms. The summed E-state index contributed by atoms with van der Waals surface area (Å²) in [4.78, 5) is 2.37. The Morgan fingerprint density at radius 3 is 2.48 bits per heavy atom. The van der Waals surface area contributed by atoms with E-state index in [1.807, 2.05) is 30.3 Å². The smallest absolute Gasteiger partial charge is 0.0642 e. The predicted molar refractivity (Wildman–Crippen MR) is 97.9 cm³/mol. The van der Waals surface area contributed by atoms with Crippen LogP contribution in [0.1, 0.15) is 6.92 Å². The molecule has 2 heterocycles. The van der Waals surface area contributed by atoms with Gasteiger partial charge in [0.1, 0.15) is 0 Å². The van der Waals surface area contributed by atoms with Crippen molar-refractivity contribution in [1.29, 1.82) is 0 Å². The first-order valence-corrected chi connectivity index (χ1v) is 8.21. The molecule has 4 heteroatoms. The van der Waals surface area contributed by atoms with E-state index in [1.165, 1.54) is 10.9 Å². The second-order valence-corrected chi connectivity index (χ2v) is 5.89. The Morgan fingerprint density at radius 1 is 1.17 bits per heavy atom. The molecule has 0 unspecified atom stereocenters. The van der Waals surface area contributed by atoms with Crippen molar-refractivity contribution in [1.82, 2.24) is 4.57 Å². The van der Waals surface area contributed by atoms with Gasteiger partial charge in [0.2, 0.25) is 0 Å². The van der Waals surface area contributed by atoms with E-state index in [1.54, 1.807) is 0 Å². The zero-order valence-electron chi connectivity index (χ0n) is 13.3. The van der Waals surface area contributed by atoms with Gasteiger partial charge in [0.25, 0.3) is 0 Å². The number of anilines is 1. The molecule has 2 aromatic rings. The average Bonchev–Trinajstić information content (AvgIpc) is 2.95. The third-order valence-electron chi connectivity index (χ3n) is 4.08. The zero-order valence-corrected chi connectivity index (χ0v) is 14.1. The Hall–Kier alpha value is -1.97. The van der Waals surface area contributed by atoms with Crippen molar-refractivity contribution in [3.05, 3.63) is 58.7 Å². The molecule has 0 spiro atoms. The molecule has 3 rings (SSSR count). The highest BCUT2D eigenvalue weighted by atomic mass is 35.5. The topological polar surface area (TPSA) is 17.4 Å². The van der Waals surface area contributed by atoms with Gasteiger partial charge in [0, 0.05) is 35.2 Å². The van der Waals surface area contributed by atoms with Crippen LogP contribution in [0.3, 0.4) is 0 Å². The van der Waals surface area contributed by atoms with Gasteiger partial charge in [0.05, 0.1) is 24.3 Å². The molecule has 0 N–H and O–H groups in total. The molecule has 0 aliphatic carbocycles. The summed E-state index contributed by atoms with van der Waals surface area (Å²) in [5.41, 5.74) is 2.32. The number of morpholine rings is 1. The fourth-order valence-electron chi connectivity index (χ4n) is 2.98. The molecule has 120 valence electrons. The molecule has 0 radical (unpaired) electrons. The first-order chi connectivity index (χ1) is 11.2. The van der Waals surface area contributed by atoms with Gasteiger partial charge in [-0.2, -0.15) is 0 Å². The Kier molecular flexibility index (Phi) is 4.89. The Morgan fingerprint density at radius 2 is 1.87 bits per heavy atom. The van der Waals surface area contributed by atoms with Crippen LogP contribution in [0.25, 0.3) is 17.8 Å². The Bertz CT molecular complexity index is 799. The fourth-order valence-corrected chi connectivity index (χ4v) is 3.10. The normalized spacial score (nSPS) is 16.9. The van der Waals surface area contributed by atoms with Gasteiger partial charge >= 0.3 is 0 Å². The van der Waals surface area contributed by atoms with Crippen molar-refractivity contribution in [2.75, 3.05) is 31.2 Å². The highest BCUT2D eigenvalue weighted by molar-refractivity contribution is 6.30. The molecular formula is C19H21ClN2O. The van der Waals surface area contributed by atoms with Crippen LogP contribution in [-0.2, 0) is 4.74 Å². The number of hydrogen-bond donors (Lipinski definition) is 0. The third kappa shape index (κ3) is 3.21. The van der Waals surface area contributed by atoms with Gasteiger partial charge in [-0.3, -0.25) is 0 Å². The van der Waals surface area contributed by atoms with Crippen LogP contribution in [0.15, 0.2) is 43.1 Å². The molecule has 3 nitrogen and oxygen atoms in total. The second kappa shape index (κ2) is 7.07. The summed E-state index contributed by atoms with van der Waals surface area (Å²) in [6.07, 6.45) is 8.25. The van der Waals surface area contributed by atoms with Crippen LogP contribution >= 0.6 is 11.6 Å². The second-order valence-electron chi connectivity index (χ2n) is 5.45. The minimum Gasteiger partial charge on any atom is -0.378 e. The summed E-state index contributed by atoms with van der Waals surface area (Å²) >= 11 is 6.02. The van der Waals surface area contributed by atoms with Crippen LogP contribution in [-0.4, -0.2) is 30.9 Å². The molecule has 1 aliphatic heterocycles. The molecule has 1 saturated heterocycles. The van der Waals surface area contributed by atoms with Crippen LogP contribution in [0.2, 0.25) is 5.02 Å². The largest absolute Gasteiger partial charge is 0.378 e. The van der Waals surface area contributed by atoms with Gasteiger partial charge in [0.15, 0.2) is 0 Å². The summed E-state index contributed by atoms with van der Waals surface area (Å²) in [7, 11) is 0. The van der Waals surface area contributed by atoms with Crippen molar-refractivity contribution in [2.24, 2.45) is 0 Å². The lowest BCUT2D eigenvalue weighted by atomic mass is 10.2. The molecule has 23 heavy (non-hydrogen) atoms. The SMILES string of the molecule is C=C/C=c1/c(N2CCOCC2)cn(-c2ccc(Cl)cc2)/c1=C/C. The number of allylic oxidation sites excluding steroid dienone is 1. The summed E-state index contributed by atoms with van der Waals surface area (Å²) < 4.78 is 7.69. The summed E-state index contributed by atoms with van der Waals surface area (Å²) in [5, 5.41) is 3.10. The van der Waals surface area contributed by atoms with E-state index in [0.29, 0.717) is 0 Å². The van der Waals surface area contributed by atoms with Crippen molar-refractivity contribution >= 4 is 29.4 Å². The highest BCUT2D eigenvalue weighted by Gasteiger charge is 2.15. The van der Waals surface area contributed by atoms with Crippen LogP contribution in [0.4, 0.5) is 5.69 Å². The molecule has 1 aromatic carbocycles. The molecule has 1 aliphatic rings. The fraction of sp³-hybridized carbons (Fsp3) is 0.263. The highest BCUT2D eigenvalue weighted by Crippen LogP contribution is 2.16. The van der Waals surface area contributed by atoms with E-state index < -0.39 is 0 Å². The maximum atomic E-state index is 6.02. The van der Waals surface area contributed by atoms with Gasteiger partial charge in [-0.1, -0.05) is 36.4 Å². The number of ether oxygens (including phenoxy) is 1. The van der Waals surface area contributed by atoms with E-state index >= 15 is 0 Å². The van der Waals surface area contributed by atoms with Gasteiger partial charge in [-0.25, -0.2) is 0 Å². The lowest BCUT2D eigenvalue weighted by molar-refractivity contribution is 0.122. The number of nitrogens with zero attached hydrogens (tertiary/aromatic N) is 2. The zero-order chi connectivity index (χ0) is 16.2. The lowest BCUT2D eigenvalue weighted by Crippen LogP contribution is -2.40. The molecule has 1 fully saturated rings. The monoisotopic (exact) mass is 328 g/mol. The minimum absolute atomic E-state index is 0.745. The Labute approximate surface area is 141 Å². The van der Waals surface area contributed by atoms with Crippen molar-refractivity contribution in [3.63, 3.8) is 0 Å². The Balaban J connectivity index is 2.19. The number of rotatable bonds is 3. The number of aromatic nitrogens is 1. The number of benzene rings is 1. The molecule has 1 aromatic heterocycles. The predicted octanol–water partition coefficient (Wildman–Crippen LogP) is 2.73. The van der Waals surface area contributed by atoms with Crippen molar-refractivity contribution < 1.29 is 4.74 Å². The first-order valence-electron chi connectivity index (χ1n) is 7.83. The first kappa shape index (κ1) is 15.9. The molecule has 0 atom stereocenters. The third-order valence-corrected chi connectivity index (χ3v) is 4.33. The summed E-state index contributed by atoms with van der Waals surface area (Å²) in [5.74, 6) is 0. The number of hydrogen-bond acceptors (Lipinski definition) is 2. The maximum absolute atomic E-state index is 6.02. The summed E-state index contributed by atoms with van der Waals surface area (Å²) in [6, 6.07) is 7.91. The van der Waals surface area contributed by atoms with Gasteiger partial charge < -0.3 is 14.2 Å². The van der Waals surface area contributed by atoms with Crippen LogP contribution in [0.5, 0.6) is 0 Å². The summed E-state index contributed by atoms with van der Waals surface area (Å²) in [6.45, 7) is 9.29. The van der Waals surface area contributed by atoms with Gasteiger partial charge in [-0.15, -0.1) is 0 Å². The lowest BCUT2D eigenvalue weighted by Gasteiger charge is -2.28. The van der Waals surface area contributed by atoms with Crippen molar-refractivity contribution in [3.8, 4) is 5.69 Å². The van der Waals surface area contributed by atoms with Crippen LogP contribution < -0.4 is 15.5 Å². The number of halogens is 1.